The summed E-state index contributed by atoms with van der Waals surface area (Å²) >= 11 is 11.5. The number of pyridine rings is 2. The van der Waals surface area contributed by atoms with E-state index in [1.807, 2.05) is 0 Å². The zero-order valence-corrected chi connectivity index (χ0v) is 17.1. The van der Waals surface area contributed by atoms with E-state index in [1.165, 1.54) is 36.8 Å². The molecule has 2 aromatic heterocycles. The number of nitrogens with two attached hydrogens (primary N) is 1. The van der Waals surface area contributed by atoms with Crippen molar-refractivity contribution in [3.8, 4) is 0 Å². The Morgan fingerprint density at radius 3 is 2.50 bits per heavy atom. The molecule has 6 nitrogen and oxygen atoms in total. The lowest BCUT2D eigenvalue weighted by Crippen LogP contribution is -2.34. The topological polar surface area (TPSA) is 89.2 Å². The van der Waals surface area contributed by atoms with Crippen LogP contribution in [0.15, 0.2) is 59.9 Å². The lowest BCUT2D eigenvalue weighted by molar-refractivity contribution is -0.137. The van der Waals surface area contributed by atoms with E-state index in [0.29, 0.717) is 10.5 Å². The Bertz CT molecular complexity index is 1130. The third-order valence-corrected chi connectivity index (χ3v) is 5.58. The first-order valence-electron chi connectivity index (χ1n) is 8.03. The minimum absolute atomic E-state index is 0.0762. The van der Waals surface area contributed by atoms with Crippen LogP contribution in [0.3, 0.4) is 0 Å². The average molecular weight is 475 g/mol. The molecule has 30 heavy (non-hydrogen) atoms. The van der Waals surface area contributed by atoms with E-state index in [2.05, 4.69) is 9.97 Å². The lowest BCUT2D eigenvalue weighted by atomic mass is 10.1. The fourth-order valence-electron chi connectivity index (χ4n) is 2.44. The van der Waals surface area contributed by atoms with E-state index in [-0.39, 0.29) is 26.9 Å². The van der Waals surface area contributed by atoms with Gasteiger partial charge in [0.05, 0.1) is 26.2 Å². The summed E-state index contributed by atoms with van der Waals surface area (Å²) in [4.78, 5) is 20.3. The third-order valence-electron chi connectivity index (χ3n) is 3.83. The van der Waals surface area contributed by atoms with Gasteiger partial charge in [0.15, 0.2) is 11.0 Å². The Balaban J connectivity index is 2.03. The van der Waals surface area contributed by atoms with E-state index in [4.69, 9.17) is 29.0 Å². The molecule has 2 heterocycles. The first kappa shape index (κ1) is 22.2. The number of anilines is 1. The number of ketones is 1. The zero-order valence-electron chi connectivity index (χ0n) is 14.7. The van der Waals surface area contributed by atoms with Crippen LogP contribution in [0, 0.1) is 0 Å². The number of rotatable bonds is 5. The highest BCUT2D eigenvalue weighted by atomic mass is 35.5. The maximum Gasteiger partial charge on any atom is 0.417 e. The standard InChI is InChI=1S/C18H11Cl2F3N4O2S/c19-11-6-15(16(26-9-11)17(28)10-2-1-5-25-8-10)27(24)30(29)12-3-4-14(20)13(7-12)18(21,22)23/h1-9H,24H2. The summed E-state index contributed by atoms with van der Waals surface area (Å²) in [6.07, 6.45) is -0.795. The van der Waals surface area contributed by atoms with Gasteiger partial charge in [0.2, 0.25) is 5.78 Å². The molecular weight excluding hydrogens is 464 g/mol. The van der Waals surface area contributed by atoms with Crippen molar-refractivity contribution in [1.29, 1.82) is 0 Å². The Labute approximate surface area is 181 Å². The quantitative estimate of drug-likeness (QED) is 0.335. The Morgan fingerprint density at radius 1 is 1.13 bits per heavy atom. The van der Waals surface area contributed by atoms with Gasteiger partial charge in [-0.1, -0.05) is 23.2 Å². The van der Waals surface area contributed by atoms with Gasteiger partial charge < -0.3 is 0 Å². The van der Waals surface area contributed by atoms with Gasteiger partial charge in [-0.05, 0) is 36.4 Å². The zero-order chi connectivity index (χ0) is 22.1. The van der Waals surface area contributed by atoms with Gasteiger partial charge in [0.25, 0.3) is 0 Å². The Kier molecular flexibility index (Phi) is 6.41. The minimum atomic E-state index is -4.75. The van der Waals surface area contributed by atoms with Gasteiger partial charge in [-0.25, -0.2) is 19.4 Å². The highest BCUT2D eigenvalue weighted by Crippen LogP contribution is 2.36. The Hall–Kier alpha value is -2.53. The molecule has 0 amide bonds. The monoisotopic (exact) mass is 474 g/mol. The molecule has 156 valence electrons. The lowest BCUT2D eigenvalue weighted by Gasteiger charge is -2.20. The van der Waals surface area contributed by atoms with Gasteiger partial charge in [0.1, 0.15) is 5.69 Å². The largest absolute Gasteiger partial charge is 0.417 e. The summed E-state index contributed by atoms with van der Waals surface area (Å²) in [6.45, 7) is 0. The number of carbonyl (C=O) groups is 1. The SMILES string of the molecule is NN(c1cc(Cl)cnc1C(=O)c1cccnc1)S(=O)c1ccc(Cl)c(C(F)(F)F)c1. The summed E-state index contributed by atoms with van der Waals surface area (Å²) < 4.78 is 52.8. The van der Waals surface area contributed by atoms with Crippen molar-refractivity contribution in [1.82, 2.24) is 9.97 Å². The van der Waals surface area contributed by atoms with E-state index >= 15 is 0 Å². The summed E-state index contributed by atoms with van der Waals surface area (Å²) in [6, 6.07) is 6.97. The summed E-state index contributed by atoms with van der Waals surface area (Å²) in [7, 11) is -2.34. The molecule has 0 aliphatic heterocycles. The maximum atomic E-state index is 13.1. The molecule has 0 spiro atoms. The number of nitrogens with zero attached hydrogens (tertiary/aromatic N) is 3. The number of halogens is 5. The normalized spacial score (nSPS) is 12.5. The summed E-state index contributed by atoms with van der Waals surface area (Å²) in [5.74, 6) is 5.32. The van der Waals surface area contributed by atoms with E-state index in [1.54, 1.807) is 0 Å². The predicted octanol–water partition coefficient (Wildman–Crippen LogP) is 4.44. The molecule has 1 unspecified atom stereocenters. The van der Waals surface area contributed by atoms with Crippen LogP contribution in [0.2, 0.25) is 10.0 Å². The number of hydrogen-bond acceptors (Lipinski definition) is 5. The van der Waals surface area contributed by atoms with Gasteiger partial charge in [-0.2, -0.15) is 13.2 Å². The maximum absolute atomic E-state index is 13.1. The molecule has 1 atom stereocenters. The molecule has 0 bridgehead atoms. The number of benzene rings is 1. The summed E-state index contributed by atoms with van der Waals surface area (Å²) in [5.41, 5.74) is -1.33. The first-order valence-corrected chi connectivity index (χ1v) is 9.89. The van der Waals surface area contributed by atoms with Crippen LogP contribution in [-0.2, 0) is 17.2 Å². The van der Waals surface area contributed by atoms with Gasteiger partial charge in [0, 0.05) is 24.2 Å². The van der Waals surface area contributed by atoms with Crippen molar-refractivity contribution in [2.24, 2.45) is 5.84 Å². The predicted molar refractivity (Wildman–Crippen MR) is 106 cm³/mol. The van der Waals surface area contributed by atoms with Crippen LogP contribution in [-0.4, -0.2) is 20.0 Å². The van der Waals surface area contributed by atoms with Crippen molar-refractivity contribution in [3.63, 3.8) is 0 Å². The molecule has 0 saturated heterocycles. The molecule has 0 aliphatic carbocycles. The molecule has 0 fully saturated rings. The van der Waals surface area contributed by atoms with Crippen molar-refractivity contribution in [3.05, 3.63) is 81.9 Å². The molecule has 3 aromatic rings. The molecule has 2 N–H and O–H groups in total. The number of carbonyl (C=O) groups excluding carboxylic acids is 1. The molecular formula is C18H11Cl2F3N4O2S. The minimum Gasteiger partial charge on any atom is -0.287 e. The second kappa shape index (κ2) is 8.68. The van der Waals surface area contributed by atoms with Crippen molar-refractivity contribution >= 4 is 45.7 Å². The molecule has 0 saturated carbocycles. The highest BCUT2D eigenvalue weighted by molar-refractivity contribution is 7.86. The van der Waals surface area contributed by atoms with Gasteiger partial charge in [-0.3, -0.25) is 9.78 Å². The molecule has 3 rings (SSSR count). The molecule has 1 aromatic carbocycles. The van der Waals surface area contributed by atoms with E-state index in [0.717, 1.165) is 12.1 Å². The average Bonchev–Trinajstić information content (AvgIpc) is 2.72. The van der Waals surface area contributed by atoms with Crippen LogP contribution in [0.4, 0.5) is 18.9 Å². The van der Waals surface area contributed by atoms with Crippen LogP contribution < -0.4 is 10.3 Å². The molecule has 12 heteroatoms. The van der Waals surface area contributed by atoms with Crippen molar-refractivity contribution in [2.75, 3.05) is 4.41 Å². The molecule has 0 radical (unpaired) electrons. The number of hydrazine groups is 1. The first-order chi connectivity index (χ1) is 14.1. The van der Waals surface area contributed by atoms with Gasteiger partial charge in [-0.15, -0.1) is 0 Å². The fraction of sp³-hybridized carbons (Fsp3) is 0.0556. The van der Waals surface area contributed by atoms with Crippen molar-refractivity contribution in [2.45, 2.75) is 11.1 Å². The smallest absolute Gasteiger partial charge is 0.287 e. The Morgan fingerprint density at radius 2 is 1.87 bits per heavy atom. The highest BCUT2D eigenvalue weighted by Gasteiger charge is 2.34. The third kappa shape index (κ3) is 4.62. The number of aromatic nitrogens is 2. The summed E-state index contributed by atoms with van der Waals surface area (Å²) in [5, 5.41) is -0.476. The van der Waals surface area contributed by atoms with E-state index in [9.17, 15) is 22.2 Å². The van der Waals surface area contributed by atoms with E-state index < -0.39 is 33.5 Å². The van der Waals surface area contributed by atoms with Crippen LogP contribution >= 0.6 is 23.2 Å². The van der Waals surface area contributed by atoms with Gasteiger partial charge >= 0.3 is 6.18 Å². The second-order valence-corrected chi connectivity index (χ2v) is 8.01. The second-order valence-electron chi connectivity index (χ2n) is 5.81. The van der Waals surface area contributed by atoms with Crippen LogP contribution in [0.5, 0.6) is 0 Å². The van der Waals surface area contributed by atoms with Crippen LogP contribution in [0.1, 0.15) is 21.6 Å². The van der Waals surface area contributed by atoms with Crippen LogP contribution in [0.25, 0.3) is 0 Å². The number of hydrogen-bond donors (Lipinski definition) is 1. The van der Waals surface area contributed by atoms with Crippen molar-refractivity contribution < 1.29 is 22.2 Å². The fourth-order valence-corrected chi connectivity index (χ4v) is 3.76. The number of alkyl halides is 3. The molecule has 0 aliphatic rings.